The molecule has 0 unspecified atom stereocenters. The molecule has 0 bridgehead atoms. The lowest BCUT2D eigenvalue weighted by Crippen LogP contribution is -2.37. The number of hydrogen-bond donors (Lipinski definition) is 1. The Bertz CT molecular complexity index is 420. The second-order valence-corrected chi connectivity index (χ2v) is 4.67. The van der Waals surface area contributed by atoms with Gasteiger partial charge in [-0.3, -0.25) is 4.99 Å². The van der Waals surface area contributed by atoms with E-state index in [9.17, 15) is 0 Å². The Balaban J connectivity index is 0.00000441. The molecule has 1 aromatic rings. The minimum atomic E-state index is 0. The van der Waals surface area contributed by atoms with Crippen LogP contribution in [0, 0.1) is 0 Å². The van der Waals surface area contributed by atoms with Gasteiger partial charge in [0.1, 0.15) is 5.75 Å². The maximum Gasteiger partial charge on any atom is 0.191 e. The van der Waals surface area contributed by atoms with Gasteiger partial charge in [0, 0.05) is 26.2 Å². The molecule has 126 valence electrons. The van der Waals surface area contributed by atoms with Crippen molar-refractivity contribution in [2.45, 2.75) is 26.9 Å². The number of nitrogens with zero attached hydrogens (tertiary/aromatic N) is 2. The molecule has 2 N–H and O–H groups in total. The predicted octanol–water partition coefficient (Wildman–Crippen LogP) is 2.88. The number of hydrogen-bond acceptors (Lipinski definition) is 3. The number of methoxy groups -OCH3 is 1. The fourth-order valence-electron chi connectivity index (χ4n) is 1.92. The second kappa shape index (κ2) is 12.5. The lowest BCUT2D eigenvalue weighted by Gasteiger charge is -2.19. The van der Waals surface area contributed by atoms with Gasteiger partial charge in [-0.25, -0.2) is 0 Å². The van der Waals surface area contributed by atoms with Gasteiger partial charge in [0.05, 0.1) is 13.7 Å². The molecule has 22 heavy (non-hydrogen) atoms. The van der Waals surface area contributed by atoms with Crippen LogP contribution in [0.15, 0.2) is 29.3 Å². The standard InChI is InChI=1S/C16H27N3O2.HI/c1-4-19(5-2)16(17)18-11-6-12-21-13-14-7-9-15(20-3)10-8-14;/h7-10H,4-6,11-13H2,1-3H3,(H2,17,18);1H. The maximum absolute atomic E-state index is 5.90. The molecule has 0 atom stereocenters. The van der Waals surface area contributed by atoms with Gasteiger partial charge in [-0.1, -0.05) is 12.1 Å². The first kappa shape index (κ1) is 21.0. The summed E-state index contributed by atoms with van der Waals surface area (Å²) in [4.78, 5) is 6.40. The predicted molar refractivity (Wildman–Crippen MR) is 102 cm³/mol. The molecule has 1 aromatic carbocycles. The molecule has 1 rings (SSSR count). The van der Waals surface area contributed by atoms with E-state index < -0.39 is 0 Å². The molecule has 0 amide bonds. The lowest BCUT2D eigenvalue weighted by molar-refractivity contribution is 0.120. The number of rotatable bonds is 9. The Labute approximate surface area is 150 Å². The molecular weight excluding hydrogens is 393 g/mol. The van der Waals surface area contributed by atoms with Gasteiger partial charge in [0.2, 0.25) is 0 Å². The van der Waals surface area contributed by atoms with Crippen molar-refractivity contribution in [1.29, 1.82) is 0 Å². The largest absolute Gasteiger partial charge is 0.497 e. The van der Waals surface area contributed by atoms with Crippen LogP contribution in [-0.2, 0) is 11.3 Å². The number of aliphatic imine (C=N–C) groups is 1. The molecule has 0 spiro atoms. The van der Waals surface area contributed by atoms with Crippen LogP contribution >= 0.6 is 24.0 Å². The van der Waals surface area contributed by atoms with Crippen LogP contribution in [-0.4, -0.2) is 44.2 Å². The summed E-state index contributed by atoms with van der Waals surface area (Å²) >= 11 is 0. The van der Waals surface area contributed by atoms with Crippen LogP contribution in [0.1, 0.15) is 25.8 Å². The lowest BCUT2D eigenvalue weighted by atomic mass is 10.2. The third-order valence-electron chi connectivity index (χ3n) is 3.24. The van der Waals surface area contributed by atoms with Crippen LogP contribution in [0.5, 0.6) is 5.75 Å². The van der Waals surface area contributed by atoms with Crippen LogP contribution < -0.4 is 10.5 Å². The average molecular weight is 421 g/mol. The molecule has 0 radical (unpaired) electrons. The minimum absolute atomic E-state index is 0. The van der Waals surface area contributed by atoms with Gasteiger partial charge in [-0.05, 0) is 38.0 Å². The summed E-state index contributed by atoms with van der Waals surface area (Å²) in [5, 5.41) is 0. The van der Waals surface area contributed by atoms with Gasteiger partial charge in [0.25, 0.3) is 0 Å². The van der Waals surface area contributed by atoms with Gasteiger partial charge in [-0.15, -0.1) is 24.0 Å². The zero-order valence-corrected chi connectivity index (χ0v) is 16.1. The summed E-state index contributed by atoms with van der Waals surface area (Å²) in [5.41, 5.74) is 7.04. The Morgan fingerprint density at radius 1 is 1.18 bits per heavy atom. The molecule has 0 aromatic heterocycles. The zero-order chi connectivity index (χ0) is 15.5. The summed E-state index contributed by atoms with van der Waals surface area (Å²) < 4.78 is 10.7. The number of benzene rings is 1. The third kappa shape index (κ3) is 7.84. The molecule has 6 heteroatoms. The van der Waals surface area contributed by atoms with Crippen molar-refractivity contribution in [2.75, 3.05) is 33.4 Å². The molecular formula is C16H28IN3O2. The van der Waals surface area contributed by atoms with Crippen molar-refractivity contribution >= 4 is 29.9 Å². The Morgan fingerprint density at radius 3 is 2.36 bits per heavy atom. The highest BCUT2D eigenvalue weighted by Gasteiger charge is 2.01. The van der Waals surface area contributed by atoms with Gasteiger partial charge >= 0.3 is 0 Å². The van der Waals surface area contributed by atoms with Crippen molar-refractivity contribution in [3.8, 4) is 5.75 Å². The van der Waals surface area contributed by atoms with E-state index in [1.54, 1.807) is 7.11 Å². The van der Waals surface area contributed by atoms with E-state index in [1.165, 1.54) is 0 Å². The number of nitrogens with two attached hydrogens (primary N) is 1. The zero-order valence-electron chi connectivity index (χ0n) is 13.7. The number of halogens is 1. The quantitative estimate of drug-likeness (QED) is 0.288. The Kier molecular flexibility index (Phi) is 11.9. The van der Waals surface area contributed by atoms with Crippen molar-refractivity contribution < 1.29 is 9.47 Å². The van der Waals surface area contributed by atoms with Crippen LogP contribution in [0.25, 0.3) is 0 Å². The molecule has 0 aliphatic heterocycles. The highest BCUT2D eigenvalue weighted by Crippen LogP contribution is 2.11. The number of guanidine groups is 1. The minimum Gasteiger partial charge on any atom is -0.497 e. The van der Waals surface area contributed by atoms with Crippen molar-refractivity contribution in [3.05, 3.63) is 29.8 Å². The summed E-state index contributed by atoms with van der Waals surface area (Å²) in [6.07, 6.45) is 0.873. The topological polar surface area (TPSA) is 60.1 Å². The molecule has 0 aliphatic carbocycles. The summed E-state index contributed by atoms with van der Waals surface area (Å²) in [5.74, 6) is 1.48. The maximum atomic E-state index is 5.90. The molecule has 5 nitrogen and oxygen atoms in total. The van der Waals surface area contributed by atoms with E-state index in [-0.39, 0.29) is 24.0 Å². The SMILES string of the molecule is CCN(CC)C(N)=NCCCOCc1ccc(OC)cc1.I. The highest BCUT2D eigenvalue weighted by atomic mass is 127. The first-order valence-corrected chi connectivity index (χ1v) is 7.46. The smallest absolute Gasteiger partial charge is 0.191 e. The molecule has 0 aliphatic rings. The fraction of sp³-hybridized carbons (Fsp3) is 0.562. The van der Waals surface area contributed by atoms with Crippen LogP contribution in [0.3, 0.4) is 0 Å². The van der Waals surface area contributed by atoms with E-state index in [2.05, 4.69) is 18.8 Å². The van der Waals surface area contributed by atoms with Crippen molar-refractivity contribution in [3.63, 3.8) is 0 Å². The third-order valence-corrected chi connectivity index (χ3v) is 3.24. The van der Waals surface area contributed by atoms with Crippen molar-refractivity contribution in [2.24, 2.45) is 10.7 Å². The molecule has 0 heterocycles. The average Bonchev–Trinajstić information content (AvgIpc) is 2.52. The summed E-state index contributed by atoms with van der Waals surface area (Å²) in [7, 11) is 1.66. The first-order chi connectivity index (χ1) is 10.2. The summed E-state index contributed by atoms with van der Waals surface area (Å²) in [6, 6.07) is 7.90. The van der Waals surface area contributed by atoms with Crippen LogP contribution in [0.2, 0.25) is 0 Å². The molecule has 0 saturated heterocycles. The van der Waals surface area contributed by atoms with Gasteiger partial charge < -0.3 is 20.1 Å². The van der Waals surface area contributed by atoms with E-state index in [0.717, 1.165) is 30.8 Å². The molecule has 0 saturated carbocycles. The van der Waals surface area contributed by atoms with E-state index in [0.29, 0.717) is 25.7 Å². The van der Waals surface area contributed by atoms with Gasteiger partial charge in [-0.2, -0.15) is 0 Å². The monoisotopic (exact) mass is 421 g/mol. The van der Waals surface area contributed by atoms with Gasteiger partial charge in [0.15, 0.2) is 5.96 Å². The van der Waals surface area contributed by atoms with Crippen molar-refractivity contribution in [1.82, 2.24) is 4.90 Å². The normalized spacial score (nSPS) is 11.0. The summed E-state index contributed by atoms with van der Waals surface area (Å²) in [6.45, 7) is 7.92. The van der Waals surface area contributed by atoms with Crippen LogP contribution in [0.4, 0.5) is 0 Å². The molecule has 0 fully saturated rings. The highest BCUT2D eigenvalue weighted by molar-refractivity contribution is 14.0. The Hall–Kier alpha value is -1.02. The first-order valence-electron chi connectivity index (χ1n) is 7.46. The fourth-order valence-corrected chi connectivity index (χ4v) is 1.92. The second-order valence-electron chi connectivity index (χ2n) is 4.67. The van der Waals surface area contributed by atoms with E-state index in [1.807, 2.05) is 29.2 Å². The van der Waals surface area contributed by atoms with E-state index >= 15 is 0 Å². The Morgan fingerprint density at radius 2 is 1.82 bits per heavy atom. The van der Waals surface area contributed by atoms with E-state index in [4.69, 9.17) is 15.2 Å². The number of ether oxygens (including phenoxy) is 2.